The molecule has 3 rings (SSSR count). The Morgan fingerprint density at radius 2 is 1.96 bits per heavy atom. The molecule has 0 spiro atoms. The Bertz CT molecular complexity index is 906. The van der Waals surface area contributed by atoms with Gasteiger partial charge in [-0.15, -0.1) is 0 Å². The zero-order valence-corrected chi connectivity index (χ0v) is 14.4. The van der Waals surface area contributed by atoms with Crippen molar-refractivity contribution in [2.24, 2.45) is 0 Å². The van der Waals surface area contributed by atoms with Crippen LogP contribution in [-0.2, 0) is 4.79 Å². The number of halogens is 2. The number of allylic oxidation sites excluding steroid dienone is 2. The van der Waals surface area contributed by atoms with E-state index in [-0.39, 0.29) is 11.6 Å². The highest BCUT2D eigenvalue weighted by Crippen LogP contribution is 2.31. The van der Waals surface area contributed by atoms with E-state index in [0.29, 0.717) is 29.1 Å². The van der Waals surface area contributed by atoms with Crippen LogP contribution in [0.15, 0.2) is 66.0 Å². The summed E-state index contributed by atoms with van der Waals surface area (Å²) >= 11 is 0. The molecule has 0 radical (unpaired) electrons. The van der Waals surface area contributed by atoms with E-state index in [0.717, 1.165) is 6.07 Å². The van der Waals surface area contributed by atoms with Crippen molar-refractivity contribution in [3.05, 3.63) is 77.6 Å². The van der Waals surface area contributed by atoms with Crippen LogP contribution in [0.5, 0.6) is 5.75 Å². The van der Waals surface area contributed by atoms with Gasteiger partial charge in [-0.3, -0.25) is 4.79 Å². The number of para-hydroxylation sites is 2. The molecule has 134 valence electrons. The fourth-order valence-corrected chi connectivity index (χ4v) is 2.82. The van der Waals surface area contributed by atoms with Crippen LogP contribution in [0.1, 0.15) is 13.3 Å². The van der Waals surface area contributed by atoms with Crippen molar-refractivity contribution in [1.29, 1.82) is 0 Å². The zero-order chi connectivity index (χ0) is 18.7. The van der Waals surface area contributed by atoms with Crippen LogP contribution < -0.4 is 15.0 Å². The lowest BCUT2D eigenvalue weighted by Crippen LogP contribution is -2.25. The van der Waals surface area contributed by atoms with Crippen LogP contribution in [0.2, 0.25) is 0 Å². The van der Waals surface area contributed by atoms with E-state index in [1.54, 1.807) is 43.5 Å². The first-order valence-corrected chi connectivity index (χ1v) is 8.06. The summed E-state index contributed by atoms with van der Waals surface area (Å²) in [6.07, 6.45) is 3.84. The van der Waals surface area contributed by atoms with Gasteiger partial charge in [0.25, 0.3) is 5.91 Å². The van der Waals surface area contributed by atoms with Crippen molar-refractivity contribution in [3.63, 3.8) is 0 Å². The van der Waals surface area contributed by atoms with Crippen molar-refractivity contribution in [1.82, 2.24) is 0 Å². The van der Waals surface area contributed by atoms with E-state index in [1.807, 2.05) is 0 Å². The molecule has 26 heavy (non-hydrogen) atoms. The number of carbonyl (C=O) groups is 1. The maximum absolute atomic E-state index is 14.1. The number of amides is 1. The van der Waals surface area contributed by atoms with Gasteiger partial charge in [0.1, 0.15) is 17.4 Å². The minimum atomic E-state index is -0.694. The molecular formula is C20H18F2N2O2. The molecule has 1 aliphatic heterocycles. The van der Waals surface area contributed by atoms with Crippen LogP contribution >= 0.6 is 0 Å². The minimum absolute atomic E-state index is 0.183. The standard InChI is InChI=1S/C20H18F2N2O2/c1-13-15(20(25)23-17-7-3-4-8-19(17)26-2)6-5-11-24(13)18-10-9-14(21)12-16(18)22/h3-5,7-12H,6H2,1-2H3,(H,23,25). The molecule has 0 aliphatic carbocycles. The first-order chi connectivity index (χ1) is 12.5. The fourth-order valence-electron chi connectivity index (χ4n) is 2.82. The van der Waals surface area contributed by atoms with Crippen LogP contribution in [0, 0.1) is 11.6 Å². The van der Waals surface area contributed by atoms with E-state index in [9.17, 15) is 13.6 Å². The van der Waals surface area contributed by atoms with Crippen molar-refractivity contribution >= 4 is 17.3 Å². The topological polar surface area (TPSA) is 41.6 Å². The normalized spacial score (nSPS) is 13.8. The quantitative estimate of drug-likeness (QED) is 0.870. The second-order valence-electron chi connectivity index (χ2n) is 5.77. The molecule has 1 amide bonds. The summed E-state index contributed by atoms with van der Waals surface area (Å²) in [6, 6.07) is 10.4. The van der Waals surface area contributed by atoms with Crippen molar-refractivity contribution in [3.8, 4) is 5.75 Å². The Hall–Kier alpha value is -3.15. The summed E-state index contributed by atoms with van der Waals surface area (Å²) in [5, 5.41) is 2.82. The molecule has 0 fully saturated rings. The van der Waals surface area contributed by atoms with E-state index in [4.69, 9.17) is 4.74 Å². The smallest absolute Gasteiger partial charge is 0.253 e. The van der Waals surface area contributed by atoms with Crippen LogP contribution in [0.25, 0.3) is 0 Å². The minimum Gasteiger partial charge on any atom is -0.495 e. The van der Waals surface area contributed by atoms with Gasteiger partial charge in [0.05, 0.1) is 18.5 Å². The maximum Gasteiger partial charge on any atom is 0.253 e. The zero-order valence-electron chi connectivity index (χ0n) is 14.4. The molecule has 0 atom stereocenters. The fraction of sp³-hybridized carbons (Fsp3) is 0.150. The third-order valence-electron chi connectivity index (χ3n) is 4.17. The molecule has 1 aliphatic rings. The van der Waals surface area contributed by atoms with Crippen molar-refractivity contribution in [2.75, 3.05) is 17.3 Å². The number of ether oxygens (including phenoxy) is 1. The van der Waals surface area contributed by atoms with Gasteiger partial charge in [0, 0.05) is 23.5 Å². The molecule has 0 bridgehead atoms. The maximum atomic E-state index is 14.1. The Morgan fingerprint density at radius 1 is 1.19 bits per heavy atom. The number of nitrogens with one attached hydrogen (secondary N) is 1. The summed E-state index contributed by atoms with van der Waals surface area (Å²) in [6.45, 7) is 1.73. The van der Waals surface area contributed by atoms with Gasteiger partial charge in [-0.05, 0) is 37.6 Å². The molecule has 0 aromatic heterocycles. The molecule has 1 heterocycles. The van der Waals surface area contributed by atoms with Crippen molar-refractivity contribution in [2.45, 2.75) is 13.3 Å². The molecule has 2 aromatic rings. The average Bonchev–Trinajstić information content (AvgIpc) is 2.63. The lowest BCUT2D eigenvalue weighted by molar-refractivity contribution is -0.113. The molecular weight excluding hydrogens is 338 g/mol. The highest BCUT2D eigenvalue weighted by atomic mass is 19.1. The Balaban J connectivity index is 1.90. The van der Waals surface area contributed by atoms with Gasteiger partial charge < -0.3 is 15.0 Å². The SMILES string of the molecule is COc1ccccc1NC(=O)C1=C(C)N(c2ccc(F)cc2F)C=CC1. The molecule has 6 heteroatoms. The second-order valence-corrected chi connectivity index (χ2v) is 5.77. The highest BCUT2D eigenvalue weighted by Gasteiger charge is 2.22. The molecule has 0 saturated heterocycles. The number of anilines is 2. The Labute approximate surface area is 150 Å². The monoisotopic (exact) mass is 356 g/mol. The van der Waals surface area contributed by atoms with Gasteiger partial charge in [-0.25, -0.2) is 8.78 Å². The summed E-state index contributed by atoms with van der Waals surface area (Å²) < 4.78 is 32.5. The van der Waals surface area contributed by atoms with Gasteiger partial charge in [-0.1, -0.05) is 18.2 Å². The lowest BCUT2D eigenvalue weighted by Gasteiger charge is -2.27. The molecule has 4 nitrogen and oxygen atoms in total. The third-order valence-corrected chi connectivity index (χ3v) is 4.17. The third kappa shape index (κ3) is 3.44. The summed E-state index contributed by atoms with van der Waals surface area (Å²) in [7, 11) is 1.53. The molecule has 0 unspecified atom stereocenters. The van der Waals surface area contributed by atoms with E-state index in [2.05, 4.69) is 5.32 Å². The van der Waals surface area contributed by atoms with Gasteiger partial charge in [-0.2, -0.15) is 0 Å². The second kappa shape index (κ2) is 7.39. The number of nitrogens with zero attached hydrogens (tertiary/aromatic N) is 1. The Morgan fingerprint density at radius 3 is 2.69 bits per heavy atom. The number of hydrogen-bond donors (Lipinski definition) is 1. The van der Waals surface area contributed by atoms with Crippen LogP contribution in [0.3, 0.4) is 0 Å². The number of benzene rings is 2. The van der Waals surface area contributed by atoms with E-state index in [1.165, 1.54) is 24.1 Å². The number of methoxy groups -OCH3 is 1. The molecule has 0 saturated carbocycles. The molecule has 2 aromatic carbocycles. The first kappa shape index (κ1) is 17.7. The average molecular weight is 356 g/mol. The molecule has 1 N–H and O–H groups in total. The predicted octanol–water partition coefficient (Wildman–Crippen LogP) is 4.61. The van der Waals surface area contributed by atoms with Crippen LogP contribution in [0.4, 0.5) is 20.2 Å². The highest BCUT2D eigenvalue weighted by molar-refractivity contribution is 6.05. The number of carbonyl (C=O) groups excluding carboxylic acids is 1. The van der Waals surface area contributed by atoms with E-state index >= 15 is 0 Å². The van der Waals surface area contributed by atoms with Crippen LogP contribution in [-0.4, -0.2) is 13.0 Å². The summed E-state index contributed by atoms with van der Waals surface area (Å²) in [5.74, 6) is -1.10. The first-order valence-electron chi connectivity index (χ1n) is 8.06. The van der Waals surface area contributed by atoms with Crippen molar-refractivity contribution < 1.29 is 18.3 Å². The van der Waals surface area contributed by atoms with Gasteiger partial charge in [0.2, 0.25) is 0 Å². The van der Waals surface area contributed by atoms with Gasteiger partial charge >= 0.3 is 0 Å². The lowest BCUT2D eigenvalue weighted by atomic mass is 10.0. The Kier molecular flexibility index (Phi) is 5.02. The number of hydrogen-bond acceptors (Lipinski definition) is 3. The largest absolute Gasteiger partial charge is 0.495 e. The summed E-state index contributed by atoms with van der Waals surface area (Å²) in [4.78, 5) is 14.3. The van der Waals surface area contributed by atoms with E-state index < -0.39 is 11.6 Å². The number of rotatable bonds is 4. The predicted molar refractivity (Wildman–Crippen MR) is 96.9 cm³/mol. The van der Waals surface area contributed by atoms with Gasteiger partial charge in [0.15, 0.2) is 0 Å². The summed E-state index contributed by atoms with van der Waals surface area (Å²) in [5.41, 5.74) is 1.80.